The fourth-order valence-corrected chi connectivity index (χ4v) is 2.99. The molecule has 0 fully saturated rings. The van der Waals surface area contributed by atoms with Crippen molar-refractivity contribution in [2.45, 2.75) is 64.4 Å². The van der Waals surface area contributed by atoms with E-state index in [0.29, 0.717) is 19.9 Å². The average Bonchev–Trinajstić information content (AvgIpc) is 2.69. The molecule has 0 aliphatic heterocycles. The van der Waals surface area contributed by atoms with Crippen molar-refractivity contribution in [2.24, 2.45) is 11.5 Å². The van der Waals surface area contributed by atoms with Crippen molar-refractivity contribution in [1.29, 1.82) is 0 Å². The number of hydrogen-bond acceptors (Lipinski definition) is 7. The highest BCUT2D eigenvalue weighted by Gasteiger charge is 2.13. The van der Waals surface area contributed by atoms with E-state index in [1.807, 2.05) is 0 Å². The molecule has 0 radical (unpaired) electrons. The molecule has 0 saturated heterocycles. The van der Waals surface area contributed by atoms with Crippen LogP contribution in [0.25, 0.3) is 0 Å². The number of likely N-dealkylation sites (N-methyl/N-ethyl adjacent to an activating group) is 1. The third-order valence-corrected chi connectivity index (χ3v) is 4.85. The van der Waals surface area contributed by atoms with E-state index in [4.69, 9.17) is 20.9 Å². The molecule has 5 N–H and O–H groups in total. The van der Waals surface area contributed by atoms with Gasteiger partial charge in [-0.05, 0) is 72.4 Å². The molecule has 0 rings (SSSR count). The highest BCUT2D eigenvalue weighted by atomic mass is 16.7. The largest absolute Gasteiger partial charge is 0.370 e. The molecule has 0 aromatic heterocycles. The van der Waals surface area contributed by atoms with Crippen molar-refractivity contribution < 1.29 is 14.3 Å². The van der Waals surface area contributed by atoms with Crippen LogP contribution in [0, 0.1) is 0 Å². The van der Waals surface area contributed by atoms with Gasteiger partial charge >= 0.3 is 0 Å². The molecule has 0 spiro atoms. The van der Waals surface area contributed by atoms with Crippen LogP contribution < -0.4 is 16.8 Å². The number of rotatable bonds is 22. The van der Waals surface area contributed by atoms with E-state index < -0.39 is 0 Å². The molecule has 29 heavy (non-hydrogen) atoms. The fourth-order valence-electron chi connectivity index (χ4n) is 2.99. The fraction of sp³-hybridized carbons (Fsp3) is 0.952. The third kappa shape index (κ3) is 20.3. The lowest BCUT2D eigenvalue weighted by atomic mass is 10.2. The smallest absolute Gasteiger partial charge is 0.217 e. The highest BCUT2D eigenvalue weighted by Crippen LogP contribution is 2.05. The second-order valence-corrected chi connectivity index (χ2v) is 7.88. The molecule has 1 unspecified atom stereocenters. The molecule has 0 bridgehead atoms. The molecule has 0 aromatic carbocycles. The number of ether oxygens (including phenoxy) is 2. The first-order chi connectivity index (χ1) is 14.0. The Morgan fingerprint density at radius 2 is 1.79 bits per heavy atom. The Morgan fingerprint density at radius 1 is 1.03 bits per heavy atom. The second-order valence-electron chi connectivity index (χ2n) is 7.88. The Labute approximate surface area is 178 Å². The summed E-state index contributed by atoms with van der Waals surface area (Å²) in [6.07, 6.45) is 7.91. The van der Waals surface area contributed by atoms with Crippen molar-refractivity contribution in [3.63, 3.8) is 0 Å². The van der Waals surface area contributed by atoms with Gasteiger partial charge in [0, 0.05) is 19.5 Å². The number of primary amides is 1. The number of amides is 1. The zero-order chi connectivity index (χ0) is 21.7. The van der Waals surface area contributed by atoms with Gasteiger partial charge in [0.1, 0.15) is 6.79 Å². The topological polar surface area (TPSA) is 106 Å². The third-order valence-electron chi connectivity index (χ3n) is 4.85. The van der Waals surface area contributed by atoms with E-state index in [9.17, 15) is 4.79 Å². The quantitative estimate of drug-likeness (QED) is 0.180. The normalized spacial score (nSPS) is 12.8. The van der Waals surface area contributed by atoms with E-state index in [1.54, 1.807) is 0 Å². The Hall–Kier alpha value is -0.770. The minimum Gasteiger partial charge on any atom is -0.370 e. The molecule has 0 aliphatic rings. The van der Waals surface area contributed by atoms with E-state index in [1.165, 1.54) is 12.8 Å². The maximum absolute atomic E-state index is 10.7. The van der Waals surface area contributed by atoms with Crippen molar-refractivity contribution in [1.82, 2.24) is 15.1 Å². The molecule has 174 valence electrons. The van der Waals surface area contributed by atoms with Gasteiger partial charge in [-0.2, -0.15) is 0 Å². The van der Waals surface area contributed by atoms with Crippen LogP contribution in [0.2, 0.25) is 0 Å². The number of carbonyl (C=O) groups excluding carboxylic acids is 1. The summed E-state index contributed by atoms with van der Waals surface area (Å²) in [4.78, 5) is 15.3. The van der Waals surface area contributed by atoms with Gasteiger partial charge in [-0.3, -0.25) is 10.1 Å². The summed E-state index contributed by atoms with van der Waals surface area (Å²) in [6, 6.07) is 0. The van der Waals surface area contributed by atoms with Gasteiger partial charge < -0.3 is 30.7 Å². The van der Waals surface area contributed by atoms with Crippen LogP contribution in [0.3, 0.4) is 0 Å². The molecule has 1 atom stereocenters. The van der Waals surface area contributed by atoms with Crippen LogP contribution in [0.4, 0.5) is 0 Å². The van der Waals surface area contributed by atoms with Gasteiger partial charge in [0.15, 0.2) is 0 Å². The monoisotopic (exact) mass is 417 g/mol. The summed E-state index contributed by atoms with van der Waals surface area (Å²) in [5, 5.41) is 3.24. The molecule has 8 heteroatoms. The van der Waals surface area contributed by atoms with E-state index in [-0.39, 0.29) is 12.0 Å². The minimum atomic E-state index is -0.223. The number of nitrogens with zero attached hydrogens (tertiary/aromatic N) is 2. The minimum absolute atomic E-state index is 0.158. The molecule has 8 nitrogen and oxygen atoms in total. The Kier molecular flexibility index (Phi) is 20.0. The summed E-state index contributed by atoms with van der Waals surface area (Å²) in [5.74, 6) is -0.223. The molecular weight excluding hydrogens is 370 g/mol. The predicted octanol–water partition coefficient (Wildman–Crippen LogP) is 1.34. The molecule has 0 heterocycles. The first-order valence-electron chi connectivity index (χ1n) is 11.2. The van der Waals surface area contributed by atoms with Gasteiger partial charge in [0.2, 0.25) is 5.91 Å². The highest BCUT2D eigenvalue weighted by molar-refractivity contribution is 5.73. The second kappa shape index (κ2) is 20.5. The molecule has 1 amide bonds. The van der Waals surface area contributed by atoms with Crippen LogP contribution in [0.15, 0.2) is 0 Å². The van der Waals surface area contributed by atoms with Crippen molar-refractivity contribution in [3.8, 4) is 0 Å². The number of unbranched alkanes of at least 4 members (excludes halogenated alkanes) is 3. The maximum atomic E-state index is 10.7. The Balaban J connectivity index is 3.95. The Morgan fingerprint density at radius 3 is 2.48 bits per heavy atom. The van der Waals surface area contributed by atoms with E-state index in [0.717, 1.165) is 71.4 Å². The van der Waals surface area contributed by atoms with Crippen LogP contribution in [-0.4, -0.2) is 88.7 Å². The first-order valence-corrected chi connectivity index (χ1v) is 11.2. The van der Waals surface area contributed by atoms with Gasteiger partial charge in [0.05, 0.1) is 12.8 Å². The number of carbonyl (C=O) groups is 1. The SMILES string of the molecule is CCCCN(C)CC(CCN(C)CCCN)OCOCNCCCCCC(N)=O. The molecule has 0 aromatic rings. The van der Waals surface area contributed by atoms with E-state index >= 15 is 0 Å². The summed E-state index contributed by atoms with van der Waals surface area (Å²) >= 11 is 0. The lowest BCUT2D eigenvalue weighted by Crippen LogP contribution is -2.35. The van der Waals surface area contributed by atoms with Crippen molar-refractivity contribution >= 4 is 5.91 Å². The predicted molar refractivity (Wildman–Crippen MR) is 120 cm³/mol. The van der Waals surface area contributed by atoms with Crippen LogP contribution in [0.5, 0.6) is 0 Å². The molecular formula is C21H47N5O3. The summed E-state index contributed by atoms with van der Waals surface area (Å²) in [7, 11) is 4.29. The lowest BCUT2D eigenvalue weighted by molar-refractivity contribution is -0.118. The summed E-state index contributed by atoms with van der Waals surface area (Å²) in [6.45, 7) is 8.62. The number of nitrogens with two attached hydrogens (primary N) is 2. The first kappa shape index (κ1) is 28.2. The number of hydrogen-bond donors (Lipinski definition) is 3. The standard InChI is InChI=1S/C21H47N5O3/c1-4-5-14-26(3)17-20(11-16-25(2)15-9-12-22)29-19-28-18-24-13-8-6-7-10-21(23)27/h20,24H,4-19,22H2,1-3H3,(H2,23,27). The van der Waals surface area contributed by atoms with Crippen LogP contribution in [-0.2, 0) is 14.3 Å². The van der Waals surface area contributed by atoms with Crippen LogP contribution >= 0.6 is 0 Å². The van der Waals surface area contributed by atoms with Crippen LogP contribution in [0.1, 0.15) is 58.3 Å². The van der Waals surface area contributed by atoms with Gasteiger partial charge in [0.25, 0.3) is 0 Å². The lowest BCUT2D eigenvalue weighted by Gasteiger charge is -2.26. The number of nitrogens with one attached hydrogen (secondary N) is 1. The van der Waals surface area contributed by atoms with E-state index in [2.05, 4.69) is 36.1 Å². The summed E-state index contributed by atoms with van der Waals surface area (Å²) < 4.78 is 11.6. The van der Waals surface area contributed by atoms with Gasteiger partial charge in [-0.15, -0.1) is 0 Å². The zero-order valence-corrected chi connectivity index (χ0v) is 19.2. The zero-order valence-electron chi connectivity index (χ0n) is 19.2. The average molecular weight is 418 g/mol. The van der Waals surface area contributed by atoms with Crippen molar-refractivity contribution in [3.05, 3.63) is 0 Å². The molecule has 0 aliphatic carbocycles. The molecule has 0 saturated carbocycles. The maximum Gasteiger partial charge on any atom is 0.217 e. The Bertz CT molecular complexity index is 374. The van der Waals surface area contributed by atoms with Gasteiger partial charge in [-0.1, -0.05) is 19.8 Å². The van der Waals surface area contributed by atoms with Gasteiger partial charge in [-0.25, -0.2) is 0 Å². The summed E-state index contributed by atoms with van der Waals surface area (Å²) in [5.41, 5.74) is 10.7. The van der Waals surface area contributed by atoms with Crippen molar-refractivity contribution in [2.75, 3.05) is 66.9 Å².